The number of carbonyl (C=O) groups is 1. The molecule has 2 nitrogen and oxygen atoms in total. The van der Waals surface area contributed by atoms with Gasteiger partial charge in [0.15, 0.2) is 5.78 Å². The van der Waals surface area contributed by atoms with Crippen LogP contribution in [0.15, 0.2) is 6.07 Å². The molecule has 0 aliphatic heterocycles. The molecule has 0 bridgehead atoms. The van der Waals surface area contributed by atoms with E-state index in [0.717, 1.165) is 39.3 Å². The van der Waals surface area contributed by atoms with Crippen LogP contribution >= 0.6 is 0 Å². The predicted molar refractivity (Wildman–Crippen MR) is 101 cm³/mol. The Morgan fingerprint density at radius 1 is 0.667 bits per heavy atom. The second kappa shape index (κ2) is 6.43. The first-order chi connectivity index (χ1) is 11.1. The summed E-state index contributed by atoms with van der Waals surface area (Å²) in [5, 5.41) is 0. The van der Waals surface area contributed by atoms with Crippen LogP contribution in [0.5, 0.6) is 11.5 Å². The van der Waals surface area contributed by atoms with Gasteiger partial charge in [0.25, 0.3) is 0 Å². The Hall–Kier alpha value is -2.09. The van der Waals surface area contributed by atoms with Crippen LogP contribution in [0.3, 0.4) is 0 Å². The molecule has 128 valence electrons. The maximum absolute atomic E-state index is 12.0. The van der Waals surface area contributed by atoms with Crippen molar-refractivity contribution >= 4 is 5.78 Å². The number of ether oxygens (including phenoxy) is 1. The summed E-state index contributed by atoms with van der Waals surface area (Å²) in [6, 6.07) is 2.20. The van der Waals surface area contributed by atoms with Gasteiger partial charge in [0, 0.05) is 5.56 Å². The fourth-order valence-corrected chi connectivity index (χ4v) is 3.40. The largest absolute Gasteiger partial charge is 0.456 e. The van der Waals surface area contributed by atoms with Crippen LogP contribution in [-0.2, 0) is 0 Å². The van der Waals surface area contributed by atoms with Gasteiger partial charge >= 0.3 is 0 Å². The zero-order chi connectivity index (χ0) is 18.3. The minimum Gasteiger partial charge on any atom is -0.456 e. The van der Waals surface area contributed by atoms with E-state index in [9.17, 15) is 4.79 Å². The van der Waals surface area contributed by atoms with Crippen LogP contribution in [0.1, 0.15) is 61.8 Å². The molecule has 0 unspecified atom stereocenters. The van der Waals surface area contributed by atoms with E-state index >= 15 is 0 Å². The summed E-state index contributed by atoms with van der Waals surface area (Å²) in [4.78, 5) is 12.0. The lowest BCUT2D eigenvalue weighted by Gasteiger charge is -2.22. The fourth-order valence-electron chi connectivity index (χ4n) is 3.40. The van der Waals surface area contributed by atoms with Crippen LogP contribution in [0.2, 0.25) is 0 Å². The summed E-state index contributed by atoms with van der Waals surface area (Å²) in [6.45, 7) is 18.2. The van der Waals surface area contributed by atoms with Gasteiger partial charge in [-0.1, -0.05) is 6.07 Å². The summed E-state index contributed by atoms with van der Waals surface area (Å²) in [7, 11) is 0. The van der Waals surface area contributed by atoms with Gasteiger partial charge in [0.1, 0.15) is 11.5 Å². The van der Waals surface area contributed by atoms with Gasteiger partial charge < -0.3 is 4.74 Å². The molecule has 2 rings (SSSR count). The molecule has 0 saturated carbocycles. The highest BCUT2D eigenvalue weighted by Crippen LogP contribution is 2.39. The van der Waals surface area contributed by atoms with E-state index in [1.54, 1.807) is 6.92 Å². The molecule has 0 spiro atoms. The summed E-state index contributed by atoms with van der Waals surface area (Å²) in [5.74, 6) is 1.93. The van der Waals surface area contributed by atoms with Crippen molar-refractivity contribution in [2.75, 3.05) is 0 Å². The van der Waals surface area contributed by atoms with Crippen molar-refractivity contribution in [3.8, 4) is 11.5 Å². The van der Waals surface area contributed by atoms with Gasteiger partial charge in [0.2, 0.25) is 0 Å². The average molecular weight is 324 g/mol. The normalized spacial score (nSPS) is 10.9. The van der Waals surface area contributed by atoms with Crippen molar-refractivity contribution in [1.29, 1.82) is 0 Å². The number of ketones is 1. The van der Waals surface area contributed by atoms with Crippen LogP contribution in [0, 0.1) is 55.4 Å². The van der Waals surface area contributed by atoms with E-state index in [0.29, 0.717) is 0 Å². The quantitative estimate of drug-likeness (QED) is 0.633. The molecule has 0 aliphatic carbocycles. The van der Waals surface area contributed by atoms with Crippen molar-refractivity contribution in [2.45, 2.75) is 62.3 Å². The second-order valence-electron chi connectivity index (χ2n) is 6.95. The lowest BCUT2D eigenvalue weighted by molar-refractivity contribution is 0.101. The van der Waals surface area contributed by atoms with Crippen LogP contribution in [-0.4, -0.2) is 5.78 Å². The third-order valence-electron chi connectivity index (χ3n) is 5.41. The van der Waals surface area contributed by atoms with E-state index < -0.39 is 0 Å². The van der Waals surface area contributed by atoms with Crippen LogP contribution in [0.4, 0.5) is 0 Å². The lowest BCUT2D eigenvalue weighted by atomic mass is 9.91. The lowest BCUT2D eigenvalue weighted by Crippen LogP contribution is -2.07. The maximum atomic E-state index is 12.0. The molecule has 0 aromatic heterocycles. The third kappa shape index (κ3) is 2.86. The standard InChI is InChI=1S/C22H28O2/c1-11-10-12(2)14(4)21(13(11)3)24-22-17(7)15(5)20(19(9)23)16(6)18(22)8/h10H,1-9H3. The molecule has 0 saturated heterocycles. The molecule has 0 N–H and O–H groups in total. The highest BCUT2D eigenvalue weighted by Gasteiger charge is 2.20. The number of rotatable bonds is 3. The zero-order valence-electron chi connectivity index (χ0n) is 16.4. The fraction of sp³-hybridized carbons (Fsp3) is 0.409. The number of hydrogen-bond acceptors (Lipinski definition) is 2. The monoisotopic (exact) mass is 324 g/mol. The molecule has 2 aromatic carbocycles. The average Bonchev–Trinajstić information content (AvgIpc) is 2.50. The molecule has 0 heterocycles. The number of hydrogen-bond donors (Lipinski definition) is 0. The molecule has 2 aromatic rings. The first-order valence-electron chi connectivity index (χ1n) is 8.44. The van der Waals surface area contributed by atoms with Gasteiger partial charge in [-0.05, 0) is 107 Å². The number of Topliss-reactive ketones (excluding diaryl/α,β-unsaturated/α-hetero) is 1. The topological polar surface area (TPSA) is 26.3 Å². The molecule has 2 heteroatoms. The molecule has 24 heavy (non-hydrogen) atoms. The van der Waals surface area contributed by atoms with E-state index in [4.69, 9.17) is 4.74 Å². The van der Waals surface area contributed by atoms with Gasteiger partial charge in [0.05, 0.1) is 0 Å². The minimum atomic E-state index is 0.113. The van der Waals surface area contributed by atoms with Crippen molar-refractivity contribution in [2.24, 2.45) is 0 Å². The summed E-state index contributed by atoms with van der Waals surface area (Å²) < 4.78 is 6.45. The van der Waals surface area contributed by atoms with Crippen molar-refractivity contribution in [3.05, 3.63) is 56.1 Å². The van der Waals surface area contributed by atoms with E-state index in [-0.39, 0.29) is 5.78 Å². The highest BCUT2D eigenvalue weighted by atomic mass is 16.5. The predicted octanol–water partition coefficient (Wildman–Crippen LogP) is 6.15. The minimum absolute atomic E-state index is 0.113. The van der Waals surface area contributed by atoms with Crippen molar-refractivity contribution in [3.63, 3.8) is 0 Å². The molecular weight excluding hydrogens is 296 g/mol. The Bertz CT molecular complexity index is 787. The Morgan fingerprint density at radius 3 is 1.42 bits per heavy atom. The first kappa shape index (κ1) is 18.3. The molecule has 0 amide bonds. The Balaban J connectivity index is 2.71. The summed E-state index contributed by atoms with van der Waals surface area (Å²) >= 11 is 0. The molecule has 0 radical (unpaired) electrons. The SMILES string of the molecule is CC(=O)c1c(C)c(C)c(Oc2c(C)c(C)cc(C)c2C)c(C)c1C. The Labute approximate surface area is 145 Å². The number of carbonyl (C=O) groups excluding carboxylic acids is 1. The molecule has 0 atom stereocenters. The smallest absolute Gasteiger partial charge is 0.160 e. The van der Waals surface area contributed by atoms with Gasteiger partial charge in [-0.3, -0.25) is 4.79 Å². The van der Waals surface area contributed by atoms with Crippen LogP contribution in [0.25, 0.3) is 0 Å². The molecular formula is C22H28O2. The number of aryl methyl sites for hydroxylation is 2. The molecule has 0 fully saturated rings. The molecule has 0 aliphatic rings. The first-order valence-corrected chi connectivity index (χ1v) is 8.44. The van der Waals surface area contributed by atoms with E-state index in [2.05, 4.69) is 33.8 Å². The third-order valence-corrected chi connectivity index (χ3v) is 5.41. The maximum Gasteiger partial charge on any atom is 0.160 e. The van der Waals surface area contributed by atoms with Gasteiger partial charge in [-0.15, -0.1) is 0 Å². The summed E-state index contributed by atoms with van der Waals surface area (Å²) in [6.07, 6.45) is 0. The Morgan fingerprint density at radius 2 is 1.04 bits per heavy atom. The van der Waals surface area contributed by atoms with Crippen molar-refractivity contribution < 1.29 is 9.53 Å². The highest BCUT2D eigenvalue weighted by molar-refractivity contribution is 5.98. The zero-order valence-corrected chi connectivity index (χ0v) is 16.4. The van der Waals surface area contributed by atoms with Crippen LogP contribution < -0.4 is 4.74 Å². The second-order valence-corrected chi connectivity index (χ2v) is 6.95. The van der Waals surface area contributed by atoms with Gasteiger partial charge in [-0.2, -0.15) is 0 Å². The van der Waals surface area contributed by atoms with Gasteiger partial charge in [-0.25, -0.2) is 0 Å². The van der Waals surface area contributed by atoms with E-state index in [1.807, 2.05) is 27.7 Å². The number of benzene rings is 2. The van der Waals surface area contributed by atoms with E-state index in [1.165, 1.54) is 22.3 Å². The van der Waals surface area contributed by atoms with Crippen molar-refractivity contribution in [1.82, 2.24) is 0 Å². The summed E-state index contributed by atoms with van der Waals surface area (Å²) in [5.41, 5.74) is 9.74. The Kier molecular flexibility index (Phi) is 4.89.